The molecule has 2 aliphatic heterocycles. The van der Waals surface area contributed by atoms with Gasteiger partial charge in [-0.3, -0.25) is 9.59 Å². The van der Waals surface area contributed by atoms with Gasteiger partial charge in [-0.25, -0.2) is 0 Å². The predicted molar refractivity (Wildman–Crippen MR) is 322 cm³/mol. The first-order valence-corrected chi connectivity index (χ1v) is 33.6. The van der Waals surface area contributed by atoms with Gasteiger partial charge in [0.05, 0.1) is 32.3 Å². The number of hydrogen-bond donors (Lipinski definition) is 0. The number of nitrogens with zero attached hydrogens (tertiary/aromatic N) is 2. The monoisotopic (exact) mass is 1060 g/mol. The van der Waals surface area contributed by atoms with Crippen molar-refractivity contribution in [2.75, 3.05) is 13.1 Å². The third-order valence-corrected chi connectivity index (χ3v) is 21.2. The van der Waals surface area contributed by atoms with Crippen LogP contribution in [0.25, 0.3) is 30.2 Å². The van der Waals surface area contributed by atoms with Gasteiger partial charge in [-0.05, 0) is 73.6 Å². The summed E-state index contributed by atoms with van der Waals surface area (Å²) in [5, 5.41) is 0. The largest absolute Gasteiger partial charge is 0.306 e. The Morgan fingerprint density at radius 2 is 0.625 bits per heavy atom. The van der Waals surface area contributed by atoms with E-state index in [9.17, 15) is 0 Å². The first-order chi connectivity index (χ1) is 35.1. The Morgan fingerprint density at radius 1 is 0.361 bits per heavy atom. The molecule has 2 amide bonds. The molecule has 0 fully saturated rings. The van der Waals surface area contributed by atoms with Crippen molar-refractivity contribution in [1.82, 2.24) is 9.80 Å². The van der Waals surface area contributed by atoms with Gasteiger partial charge >= 0.3 is 0 Å². The second kappa shape index (κ2) is 31.7. The SMILES string of the molecule is CCCCCCCCCCC(CCCCCCCC)CN1C(=O)C2=C(c3cc4sc(C(C)C)cc4s3)N(CC(CCCCCCCC)CCCCCCCCCC)C(=O)C2=C1c1cc2sc(C(C)C)cc2s1. The number of fused-ring (bicyclic) bond motifs is 3. The molecule has 4 aromatic heterocycles. The van der Waals surface area contributed by atoms with Crippen LogP contribution in [0.1, 0.15) is 292 Å². The summed E-state index contributed by atoms with van der Waals surface area (Å²) in [5.74, 6) is 1.91. The van der Waals surface area contributed by atoms with Crippen LogP contribution in [0.4, 0.5) is 0 Å². The summed E-state index contributed by atoms with van der Waals surface area (Å²) in [6.45, 7) is 19.7. The summed E-state index contributed by atoms with van der Waals surface area (Å²) in [7, 11) is 0. The van der Waals surface area contributed by atoms with Crippen LogP contribution in [0.5, 0.6) is 0 Å². The third kappa shape index (κ3) is 16.9. The van der Waals surface area contributed by atoms with Gasteiger partial charge < -0.3 is 9.80 Å². The number of rotatable bonds is 40. The molecule has 4 nitrogen and oxygen atoms in total. The summed E-state index contributed by atoms with van der Waals surface area (Å²) in [6.07, 6.45) is 41.0. The van der Waals surface area contributed by atoms with E-state index in [-0.39, 0.29) is 11.8 Å². The summed E-state index contributed by atoms with van der Waals surface area (Å²) in [5.41, 5.74) is 3.23. The zero-order chi connectivity index (χ0) is 51.2. The van der Waals surface area contributed by atoms with Gasteiger partial charge in [-0.15, -0.1) is 45.3 Å². The van der Waals surface area contributed by atoms with Gasteiger partial charge in [0.25, 0.3) is 11.8 Å². The Balaban J connectivity index is 1.38. The highest BCUT2D eigenvalue weighted by molar-refractivity contribution is 7.29. The zero-order valence-electron chi connectivity index (χ0n) is 47.0. The molecule has 2 atom stereocenters. The van der Waals surface area contributed by atoms with Crippen molar-refractivity contribution >= 4 is 87.4 Å². The highest BCUT2D eigenvalue weighted by Gasteiger charge is 2.50. The molecule has 2 unspecified atom stereocenters. The minimum absolute atomic E-state index is 0.0736. The van der Waals surface area contributed by atoms with Crippen molar-refractivity contribution in [2.45, 2.75) is 273 Å². The molecule has 0 saturated carbocycles. The lowest BCUT2D eigenvalue weighted by Gasteiger charge is -2.29. The van der Waals surface area contributed by atoms with E-state index in [0.717, 1.165) is 46.8 Å². The van der Waals surface area contributed by atoms with Crippen LogP contribution in [0.15, 0.2) is 35.4 Å². The molecule has 402 valence electrons. The van der Waals surface area contributed by atoms with Crippen molar-refractivity contribution in [3.8, 4) is 0 Å². The second-order valence-electron chi connectivity index (χ2n) is 22.9. The first kappa shape index (κ1) is 59.0. The van der Waals surface area contributed by atoms with Gasteiger partial charge in [0, 0.05) is 41.6 Å². The fraction of sp³-hybridized carbons (Fsp3) is 0.719. The van der Waals surface area contributed by atoms with Gasteiger partial charge in [-0.2, -0.15) is 0 Å². The number of unbranched alkanes of at least 4 members (excludes halogenated alkanes) is 24. The van der Waals surface area contributed by atoms with E-state index in [1.165, 1.54) is 208 Å². The quantitative estimate of drug-likeness (QED) is 0.0417. The van der Waals surface area contributed by atoms with E-state index < -0.39 is 0 Å². The molecule has 4 aromatic rings. The molecule has 0 saturated heterocycles. The second-order valence-corrected chi connectivity index (χ2v) is 27.3. The molecular formula is C64H100N2O2S4. The number of carbonyl (C=O) groups is 2. The van der Waals surface area contributed by atoms with Crippen LogP contribution in [0, 0.1) is 11.8 Å². The van der Waals surface area contributed by atoms with Crippen molar-refractivity contribution in [1.29, 1.82) is 0 Å². The fourth-order valence-corrected chi connectivity index (χ4v) is 16.4. The molecule has 6 heterocycles. The molecule has 0 radical (unpaired) electrons. The molecule has 0 aliphatic carbocycles. The Morgan fingerprint density at radius 3 is 0.889 bits per heavy atom. The van der Waals surface area contributed by atoms with Gasteiger partial charge in [-0.1, -0.05) is 235 Å². The molecule has 2 aliphatic rings. The summed E-state index contributed by atoms with van der Waals surface area (Å²) in [4.78, 5) is 41.1. The Kier molecular flexibility index (Phi) is 26.0. The maximum atomic E-state index is 15.9. The first-order valence-electron chi connectivity index (χ1n) is 30.3. The van der Waals surface area contributed by atoms with Crippen LogP contribution in [-0.4, -0.2) is 34.7 Å². The average Bonchev–Trinajstić information content (AvgIpc) is 4.21. The zero-order valence-corrected chi connectivity index (χ0v) is 50.3. The topological polar surface area (TPSA) is 40.6 Å². The lowest BCUT2D eigenvalue weighted by molar-refractivity contribution is -0.124. The van der Waals surface area contributed by atoms with Crippen LogP contribution < -0.4 is 0 Å². The summed E-state index contributed by atoms with van der Waals surface area (Å²) in [6, 6.07) is 9.44. The fourth-order valence-electron chi connectivity index (χ4n) is 11.5. The summed E-state index contributed by atoms with van der Waals surface area (Å²) < 4.78 is 5.13. The molecule has 0 spiro atoms. The van der Waals surface area contributed by atoms with Crippen LogP contribution in [0.3, 0.4) is 0 Å². The van der Waals surface area contributed by atoms with E-state index in [2.05, 4.69) is 89.5 Å². The standard InChI is InChI=1S/C64H100N2O2S4/c1-9-13-17-21-25-27-31-35-39-49(37-33-29-23-19-15-11-3)45-65-61(57-43-55-53(71-57)41-51(69-55)47(5)6)59-60(63(65)67)62(58-44-56-54(72-58)42-52(70-56)48(7)8)66(64(59)68)46-50(38-34-30-24-20-16-12-4)40-36-32-28-26-22-18-14-10-2/h41-44,47-50H,9-40,45-46H2,1-8H3. The van der Waals surface area contributed by atoms with Crippen LogP contribution in [0.2, 0.25) is 0 Å². The van der Waals surface area contributed by atoms with Crippen LogP contribution in [-0.2, 0) is 9.59 Å². The van der Waals surface area contributed by atoms with Gasteiger partial charge in [0.1, 0.15) is 0 Å². The Hall–Kier alpha value is -2.26. The number of carbonyl (C=O) groups excluding carboxylic acids is 2. The molecular weight excluding hydrogens is 957 g/mol. The molecule has 0 aromatic carbocycles. The van der Waals surface area contributed by atoms with Gasteiger partial charge in [0.2, 0.25) is 0 Å². The van der Waals surface area contributed by atoms with E-state index in [0.29, 0.717) is 47.9 Å². The number of thiophene rings is 4. The maximum absolute atomic E-state index is 15.9. The van der Waals surface area contributed by atoms with Crippen molar-refractivity contribution in [3.05, 3.63) is 54.9 Å². The normalized spacial score (nSPS) is 15.2. The van der Waals surface area contributed by atoms with E-state index >= 15 is 9.59 Å². The molecule has 8 heteroatoms. The van der Waals surface area contributed by atoms with Crippen LogP contribution >= 0.6 is 45.3 Å². The predicted octanol–water partition coefficient (Wildman–Crippen LogP) is 22.1. The summed E-state index contributed by atoms with van der Waals surface area (Å²) >= 11 is 7.40. The van der Waals surface area contributed by atoms with E-state index in [4.69, 9.17) is 0 Å². The molecule has 0 bridgehead atoms. The number of amides is 2. The minimum Gasteiger partial charge on any atom is -0.306 e. The Bertz CT molecular complexity index is 2060. The van der Waals surface area contributed by atoms with Crippen molar-refractivity contribution in [3.63, 3.8) is 0 Å². The van der Waals surface area contributed by atoms with Crippen molar-refractivity contribution in [2.24, 2.45) is 11.8 Å². The highest BCUT2D eigenvalue weighted by Crippen LogP contribution is 2.52. The van der Waals surface area contributed by atoms with Gasteiger partial charge in [0.15, 0.2) is 0 Å². The van der Waals surface area contributed by atoms with Crippen molar-refractivity contribution < 1.29 is 9.59 Å². The average molecular weight is 1060 g/mol. The molecule has 0 N–H and O–H groups in total. The Labute approximate surface area is 456 Å². The van der Waals surface area contributed by atoms with E-state index in [1.54, 1.807) is 0 Å². The lowest BCUT2D eigenvalue weighted by Crippen LogP contribution is -2.34. The van der Waals surface area contributed by atoms with E-state index in [1.807, 2.05) is 45.3 Å². The maximum Gasteiger partial charge on any atom is 0.261 e. The third-order valence-electron chi connectivity index (χ3n) is 16.0. The molecule has 6 rings (SSSR count). The molecule has 72 heavy (non-hydrogen) atoms. The lowest BCUT2D eigenvalue weighted by atomic mass is 9.93. The number of hydrogen-bond acceptors (Lipinski definition) is 6. The minimum atomic E-state index is 0.0736. The smallest absolute Gasteiger partial charge is 0.261 e. The highest BCUT2D eigenvalue weighted by atomic mass is 32.1.